The molecule has 1 saturated heterocycles. The third-order valence-corrected chi connectivity index (χ3v) is 6.86. The molecule has 1 fully saturated rings. The fourth-order valence-corrected chi connectivity index (χ4v) is 5.11. The molecule has 0 bridgehead atoms. The number of carboxylic acids is 1. The fourth-order valence-electron chi connectivity index (χ4n) is 5.11. The summed E-state index contributed by atoms with van der Waals surface area (Å²) in [4.78, 5) is 38.0. The zero-order chi connectivity index (χ0) is 24.3. The lowest BCUT2D eigenvalue weighted by molar-refractivity contribution is -0.140. The number of nitrogens with zero attached hydrogens (tertiary/aromatic N) is 1. The number of hydrogen-bond donors (Lipinski definition) is 2. The summed E-state index contributed by atoms with van der Waals surface area (Å²) in [5.41, 5.74) is 4.02. The van der Waals surface area contributed by atoms with Crippen molar-refractivity contribution in [2.24, 2.45) is 0 Å². The van der Waals surface area contributed by atoms with Gasteiger partial charge in [0, 0.05) is 30.5 Å². The Bertz CT molecular complexity index is 1030. The Morgan fingerprint density at radius 1 is 1.06 bits per heavy atom. The topological polar surface area (TPSA) is 95.9 Å². The lowest BCUT2D eigenvalue weighted by atomic mass is 9.97. The van der Waals surface area contributed by atoms with Gasteiger partial charge in [-0.05, 0) is 55.4 Å². The molecule has 0 radical (unpaired) electrons. The van der Waals surface area contributed by atoms with Crippen LogP contribution in [0.5, 0.6) is 0 Å². The maximum atomic E-state index is 12.7. The van der Waals surface area contributed by atoms with Crippen LogP contribution in [0.1, 0.15) is 63.0 Å². The molecule has 2 aliphatic rings. The van der Waals surface area contributed by atoms with Crippen molar-refractivity contribution in [3.63, 3.8) is 0 Å². The molecule has 4 rings (SSSR count). The highest BCUT2D eigenvalue weighted by Crippen LogP contribution is 2.44. The van der Waals surface area contributed by atoms with E-state index in [1.54, 1.807) is 4.90 Å². The molecule has 2 N–H and O–H groups in total. The van der Waals surface area contributed by atoms with Crippen LogP contribution in [0, 0.1) is 0 Å². The van der Waals surface area contributed by atoms with Gasteiger partial charge in [-0.15, -0.1) is 0 Å². The largest absolute Gasteiger partial charge is 0.481 e. The number of likely N-dealkylation sites (tertiary alicyclic amines) is 1. The van der Waals surface area contributed by atoms with Crippen LogP contribution in [0.3, 0.4) is 0 Å². The number of alkyl carbamates (subject to hydrolysis) is 1. The van der Waals surface area contributed by atoms with Gasteiger partial charge in [-0.3, -0.25) is 9.59 Å². The Balaban J connectivity index is 1.30. The monoisotopic (exact) mass is 464 g/mol. The molecule has 0 saturated carbocycles. The van der Waals surface area contributed by atoms with Gasteiger partial charge in [-0.1, -0.05) is 48.5 Å². The molecule has 1 heterocycles. The number of nitrogens with one attached hydrogen (secondary N) is 1. The molecular weight excluding hydrogens is 432 g/mol. The molecule has 0 aromatic heterocycles. The summed E-state index contributed by atoms with van der Waals surface area (Å²) in [6, 6.07) is 16.1. The highest BCUT2D eigenvalue weighted by atomic mass is 16.5. The SMILES string of the molecule is CC(C)(CCC(=O)N1CCC[C@@H]1CC(=O)O)NC(=O)OCC1c2ccccc2-c2ccccc21. The first-order chi connectivity index (χ1) is 16.2. The number of carboxylic acid groups (broad SMARTS) is 1. The average molecular weight is 465 g/mol. The van der Waals surface area contributed by atoms with Crippen LogP contribution < -0.4 is 5.32 Å². The maximum Gasteiger partial charge on any atom is 0.407 e. The van der Waals surface area contributed by atoms with E-state index >= 15 is 0 Å². The van der Waals surface area contributed by atoms with E-state index in [1.165, 1.54) is 11.1 Å². The molecule has 2 aromatic carbocycles. The summed E-state index contributed by atoms with van der Waals surface area (Å²) in [6.45, 7) is 4.55. The Morgan fingerprint density at radius 2 is 1.68 bits per heavy atom. The van der Waals surface area contributed by atoms with Gasteiger partial charge in [0.25, 0.3) is 0 Å². The van der Waals surface area contributed by atoms with Crippen LogP contribution in [0.2, 0.25) is 0 Å². The third-order valence-electron chi connectivity index (χ3n) is 6.86. The predicted octanol–water partition coefficient (Wildman–Crippen LogP) is 4.55. The van der Waals surface area contributed by atoms with E-state index in [2.05, 4.69) is 29.6 Å². The first-order valence-electron chi connectivity index (χ1n) is 11.9. The van der Waals surface area contributed by atoms with Gasteiger partial charge in [-0.25, -0.2) is 4.79 Å². The van der Waals surface area contributed by atoms with Crippen LogP contribution in [-0.2, 0) is 14.3 Å². The molecule has 2 aromatic rings. The highest BCUT2D eigenvalue weighted by Gasteiger charge is 2.32. The van der Waals surface area contributed by atoms with Crippen molar-refractivity contribution in [3.8, 4) is 11.1 Å². The number of carbonyl (C=O) groups is 3. The molecule has 0 unspecified atom stereocenters. The van der Waals surface area contributed by atoms with E-state index < -0.39 is 17.6 Å². The lowest BCUT2D eigenvalue weighted by Crippen LogP contribution is -2.45. The second-order valence-corrected chi connectivity index (χ2v) is 9.82. The Hall–Kier alpha value is -3.35. The first kappa shape index (κ1) is 23.8. The number of rotatable bonds is 8. The summed E-state index contributed by atoms with van der Waals surface area (Å²) >= 11 is 0. The number of ether oxygens (including phenoxy) is 1. The van der Waals surface area contributed by atoms with Gasteiger partial charge in [0.2, 0.25) is 5.91 Å². The van der Waals surface area contributed by atoms with E-state index in [0.717, 1.165) is 24.0 Å². The number of fused-ring (bicyclic) bond motifs is 3. The highest BCUT2D eigenvalue weighted by molar-refractivity contribution is 5.79. The smallest absolute Gasteiger partial charge is 0.407 e. The Labute approximate surface area is 200 Å². The van der Waals surface area contributed by atoms with E-state index in [4.69, 9.17) is 9.84 Å². The zero-order valence-corrected chi connectivity index (χ0v) is 19.8. The molecular formula is C27H32N2O5. The lowest BCUT2D eigenvalue weighted by Gasteiger charge is -2.28. The van der Waals surface area contributed by atoms with Gasteiger partial charge in [0.05, 0.1) is 6.42 Å². The van der Waals surface area contributed by atoms with Crippen molar-refractivity contribution >= 4 is 18.0 Å². The summed E-state index contributed by atoms with van der Waals surface area (Å²) in [5, 5.41) is 12.0. The molecule has 34 heavy (non-hydrogen) atoms. The van der Waals surface area contributed by atoms with Crippen LogP contribution >= 0.6 is 0 Å². The molecule has 1 aliphatic heterocycles. The quantitative estimate of drug-likeness (QED) is 0.598. The van der Waals surface area contributed by atoms with Crippen LogP contribution in [0.4, 0.5) is 4.79 Å². The standard InChI is InChI=1S/C27H32N2O5/c1-27(2,14-13-24(30)29-15-7-8-18(29)16-25(31)32)28-26(33)34-17-23-21-11-5-3-9-19(21)20-10-4-6-12-22(20)23/h3-6,9-12,18,23H,7-8,13-17H2,1-2H3,(H,28,33)(H,31,32)/t18-/m1/s1. The zero-order valence-electron chi connectivity index (χ0n) is 19.8. The maximum absolute atomic E-state index is 12.7. The van der Waals surface area contributed by atoms with Crippen molar-refractivity contribution in [1.82, 2.24) is 10.2 Å². The van der Waals surface area contributed by atoms with Gasteiger partial charge >= 0.3 is 12.1 Å². The van der Waals surface area contributed by atoms with Gasteiger partial charge in [-0.2, -0.15) is 0 Å². The van der Waals surface area contributed by atoms with Crippen molar-refractivity contribution in [2.75, 3.05) is 13.2 Å². The van der Waals surface area contributed by atoms with E-state index in [9.17, 15) is 14.4 Å². The minimum atomic E-state index is -0.887. The number of benzene rings is 2. The van der Waals surface area contributed by atoms with E-state index in [0.29, 0.717) is 13.0 Å². The number of hydrogen-bond acceptors (Lipinski definition) is 4. The molecule has 0 spiro atoms. The summed E-state index contributed by atoms with van der Waals surface area (Å²) in [7, 11) is 0. The summed E-state index contributed by atoms with van der Waals surface area (Å²) in [6.07, 6.45) is 1.70. The van der Waals surface area contributed by atoms with Gasteiger partial charge in [0.15, 0.2) is 0 Å². The van der Waals surface area contributed by atoms with Crippen molar-refractivity contribution in [3.05, 3.63) is 59.7 Å². The van der Waals surface area contributed by atoms with E-state index in [1.807, 2.05) is 38.1 Å². The summed E-state index contributed by atoms with van der Waals surface area (Å²) < 4.78 is 5.63. The Morgan fingerprint density at radius 3 is 2.29 bits per heavy atom. The van der Waals surface area contributed by atoms with Crippen molar-refractivity contribution in [1.29, 1.82) is 0 Å². The van der Waals surface area contributed by atoms with Gasteiger partial charge in [0.1, 0.15) is 6.61 Å². The summed E-state index contributed by atoms with van der Waals surface area (Å²) in [5.74, 6) is -0.961. The fraction of sp³-hybridized carbons (Fsp3) is 0.444. The van der Waals surface area contributed by atoms with Crippen LogP contribution in [-0.4, -0.2) is 52.7 Å². The van der Waals surface area contributed by atoms with Gasteiger partial charge < -0.3 is 20.1 Å². The molecule has 1 atom stereocenters. The molecule has 1 aliphatic carbocycles. The third kappa shape index (κ3) is 5.24. The normalized spacial score (nSPS) is 17.2. The van der Waals surface area contributed by atoms with Crippen molar-refractivity contribution in [2.45, 2.75) is 63.5 Å². The van der Waals surface area contributed by atoms with Crippen LogP contribution in [0.25, 0.3) is 11.1 Å². The van der Waals surface area contributed by atoms with Crippen LogP contribution in [0.15, 0.2) is 48.5 Å². The molecule has 7 nitrogen and oxygen atoms in total. The van der Waals surface area contributed by atoms with Crippen molar-refractivity contribution < 1.29 is 24.2 Å². The first-order valence-corrected chi connectivity index (χ1v) is 11.9. The average Bonchev–Trinajstić information content (AvgIpc) is 3.38. The minimum Gasteiger partial charge on any atom is -0.481 e. The predicted molar refractivity (Wildman–Crippen MR) is 129 cm³/mol. The second-order valence-electron chi connectivity index (χ2n) is 9.82. The number of aliphatic carboxylic acids is 1. The molecule has 7 heteroatoms. The Kier molecular flexibility index (Phi) is 6.91. The number of carbonyl (C=O) groups excluding carboxylic acids is 2. The second kappa shape index (κ2) is 9.87. The van der Waals surface area contributed by atoms with E-state index in [-0.39, 0.29) is 37.3 Å². The number of amides is 2. The molecule has 2 amide bonds. The molecule has 180 valence electrons. The minimum absolute atomic E-state index is 0.0100.